The summed E-state index contributed by atoms with van der Waals surface area (Å²) < 4.78 is 0. The first-order valence-electron chi connectivity index (χ1n) is 6.91. The van der Waals surface area contributed by atoms with Gasteiger partial charge in [-0.3, -0.25) is 9.59 Å². The molecule has 0 N–H and O–H groups in total. The highest BCUT2D eigenvalue weighted by Crippen LogP contribution is 2.12. The van der Waals surface area contributed by atoms with E-state index < -0.39 is 0 Å². The van der Waals surface area contributed by atoms with E-state index in [1.54, 1.807) is 6.92 Å². The van der Waals surface area contributed by atoms with E-state index in [0.717, 1.165) is 42.2 Å². The van der Waals surface area contributed by atoms with E-state index in [4.69, 9.17) is 0 Å². The summed E-state index contributed by atoms with van der Waals surface area (Å²) in [6.07, 6.45) is 7.63. The third-order valence-electron chi connectivity index (χ3n) is 3.40. The van der Waals surface area contributed by atoms with Crippen LogP contribution in [0.3, 0.4) is 0 Å². The number of carbonyl (C=O) groups is 2. The van der Waals surface area contributed by atoms with Crippen molar-refractivity contribution in [3.05, 3.63) is 58.7 Å². The van der Waals surface area contributed by atoms with Crippen LogP contribution >= 0.6 is 0 Å². The van der Waals surface area contributed by atoms with Gasteiger partial charge in [-0.25, -0.2) is 0 Å². The zero-order valence-corrected chi connectivity index (χ0v) is 12.5. The Morgan fingerprint density at radius 3 is 2.45 bits per heavy atom. The van der Waals surface area contributed by atoms with Crippen molar-refractivity contribution in [3.63, 3.8) is 0 Å². The molecule has 0 bridgehead atoms. The largest absolute Gasteiger partial charge is 0.298 e. The molecule has 0 spiro atoms. The molecule has 0 aliphatic heterocycles. The summed E-state index contributed by atoms with van der Waals surface area (Å²) in [6.45, 7) is 5.52. The van der Waals surface area contributed by atoms with Crippen LogP contribution in [-0.2, 0) is 11.2 Å². The van der Waals surface area contributed by atoms with E-state index in [1.807, 2.05) is 37.3 Å². The van der Waals surface area contributed by atoms with Crippen LogP contribution < -0.4 is 0 Å². The van der Waals surface area contributed by atoms with Gasteiger partial charge in [0.25, 0.3) is 0 Å². The van der Waals surface area contributed by atoms with Crippen LogP contribution in [0.25, 0.3) is 0 Å². The Balaban J connectivity index is 2.56. The number of Topliss-reactive ketones (excluding diaryl/α,β-unsaturated/α-hetero) is 1. The Labute approximate surface area is 121 Å². The summed E-state index contributed by atoms with van der Waals surface area (Å²) in [5.41, 5.74) is 3.91. The smallest absolute Gasteiger partial charge is 0.155 e. The van der Waals surface area contributed by atoms with Gasteiger partial charge in [0.05, 0.1) is 0 Å². The molecular formula is C18H22O2. The average Bonchev–Trinajstić information content (AvgIpc) is 2.45. The minimum absolute atomic E-state index is 0.131. The Kier molecular flexibility index (Phi) is 6.65. The summed E-state index contributed by atoms with van der Waals surface area (Å²) in [5.74, 6) is 0.131. The van der Waals surface area contributed by atoms with Crippen LogP contribution in [0.5, 0.6) is 0 Å². The predicted octanol–water partition coefficient (Wildman–Crippen LogP) is 4.30. The van der Waals surface area contributed by atoms with E-state index in [9.17, 15) is 9.59 Å². The number of hydrogen-bond donors (Lipinski definition) is 0. The van der Waals surface area contributed by atoms with Crippen LogP contribution in [0.2, 0.25) is 0 Å². The van der Waals surface area contributed by atoms with E-state index >= 15 is 0 Å². The fourth-order valence-corrected chi connectivity index (χ4v) is 1.88. The first-order chi connectivity index (χ1) is 9.54. The van der Waals surface area contributed by atoms with Crippen LogP contribution in [0.15, 0.2) is 47.6 Å². The summed E-state index contributed by atoms with van der Waals surface area (Å²) >= 11 is 0. The van der Waals surface area contributed by atoms with Gasteiger partial charge in [0, 0.05) is 5.56 Å². The molecule has 0 radical (unpaired) electrons. The van der Waals surface area contributed by atoms with Gasteiger partial charge >= 0.3 is 0 Å². The van der Waals surface area contributed by atoms with Gasteiger partial charge in [-0.1, -0.05) is 42.0 Å². The van der Waals surface area contributed by atoms with Crippen LogP contribution in [-0.4, -0.2) is 12.1 Å². The van der Waals surface area contributed by atoms with Gasteiger partial charge in [0.2, 0.25) is 0 Å². The molecule has 0 amide bonds. The fourth-order valence-electron chi connectivity index (χ4n) is 1.88. The van der Waals surface area contributed by atoms with Gasteiger partial charge in [-0.2, -0.15) is 0 Å². The predicted molar refractivity (Wildman–Crippen MR) is 83.0 cm³/mol. The lowest BCUT2D eigenvalue weighted by Gasteiger charge is -2.03. The molecule has 2 heteroatoms. The lowest BCUT2D eigenvalue weighted by molar-refractivity contribution is -0.113. The molecule has 0 aliphatic carbocycles. The maximum Gasteiger partial charge on any atom is 0.155 e. The van der Waals surface area contributed by atoms with Gasteiger partial charge in [-0.15, -0.1) is 0 Å². The third-order valence-corrected chi connectivity index (χ3v) is 3.40. The monoisotopic (exact) mass is 270 g/mol. The number of benzene rings is 1. The third kappa shape index (κ3) is 5.35. The molecule has 0 fully saturated rings. The molecule has 1 rings (SSSR count). The molecular weight excluding hydrogens is 248 g/mol. The quantitative estimate of drug-likeness (QED) is 0.420. The van der Waals surface area contributed by atoms with E-state index in [1.165, 1.54) is 5.57 Å². The molecule has 1 aromatic rings. The number of ketones is 1. The lowest BCUT2D eigenvalue weighted by Crippen LogP contribution is -1.92. The number of aldehydes is 1. The highest BCUT2D eigenvalue weighted by Gasteiger charge is 1.99. The van der Waals surface area contributed by atoms with Crippen molar-refractivity contribution in [2.24, 2.45) is 0 Å². The Morgan fingerprint density at radius 2 is 1.80 bits per heavy atom. The minimum atomic E-state index is 0.131. The standard InChI is InChI=1S/C18H22O2/c1-14(7-6-8-15(2)16(3)20)11-12-17-9-4-5-10-18(17)13-19/h4-5,8-11,13H,6-7,12H2,1-3H3/b14-11+,15-8+. The summed E-state index contributed by atoms with van der Waals surface area (Å²) in [5, 5.41) is 0. The van der Waals surface area contributed by atoms with Crippen molar-refractivity contribution >= 4 is 12.1 Å². The zero-order chi connectivity index (χ0) is 15.0. The van der Waals surface area contributed by atoms with Crippen molar-refractivity contribution in [3.8, 4) is 0 Å². The Hall–Kier alpha value is -1.96. The molecule has 0 heterocycles. The highest BCUT2D eigenvalue weighted by atomic mass is 16.1. The maximum atomic E-state index is 11.1. The second kappa shape index (κ2) is 8.26. The van der Waals surface area contributed by atoms with Crippen LogP contribution in [0, 0.1) is 0 Å². The summed E-state index contributed by atoms with van der Waals surface area (Å²) in [4.78, 5) is 22.0. The summed E-state index contributed by atoms with van der Waals surface area (Å²) in [7, 11) is 0. The molecule has 0 aromatic heterocycles. The highest BCUT2D eigenvalue weighted by molar-refractivity contribution is 5.92. The van der Waals surface area contributed by atoms with Gasteiger partial charge < -0.3 is 0 Å². The van der Waals surface area contributed by atoms with E-state index in [-0.39, 0.29) is 5.78 Å². The summed E-state index contributed by atoms with van der Waals surface area (Å²) in [6, 6.07) is 7.64. The first kappa shape index (κ1) is 16.1. The molecule has 0 atom stereocenters. The van der Waals surface area contributed by atoms with E-state index in [2.05, 4.69) is 13.0 Å². The minimum Gasteiger partial charge on any atom is -0.298 e. The topological polar surface area (TPSA) is 34.1 Å². The lowest BCUT2D eigenvalue weighted by atomic mass is 10.0. The first-order valence-corrected chi connectivity index (χ1v) is 6.91. The van der Waals surface area contributed by atoms with Crippen LogP contribution in [0.4, 0.5) is 0 Å². The fraction of sp³-hybridized carbons (Fsp3) is 0.333. The number of hydrogen-bond acceptors (Lipinski definition) is 2. The molecule has 2 nitrogen and oxygen atoms in total. The Bertz CT molecular complexity index is 536. The molecule has 0 aliphatic rings. The normalized spacial score (nSPS) is 12.3. The molecule has 20 heavy (non-hydrogen) atoms. The van der Waals surface area contributed by atoms with Crippen molar-refractivity contribution in [1.29, 1.82) is 0 Å². The van der Waals surface area contributed by atoms with Gasteiger partial charge in [0.15, 0.2) is 5.78 Å². The average molecular weight is 270 g/mol. The molecule has 106 valence electrons. The van der Waals surface area contributed by atoms with Gasteiger partial charge in [-0.05, 0) is 51.2 Å². The molecule has 1 aromatic carbocycles. The molecule has 0 saturated heterocycles. The number of carbonyl (C=O) groups excluding carboxylic acids is 2. The second-order valence-corrected chi connectivity index (χ2v) is 5.05. The van der Waals surface area contributed by atoms with Crippen molar-refractivity contribution < 1.29 is 9.59 Å². The van der Waals surface area contributed by atoms with Crippen molar-refractivity contribution in [2.75, 3.05) is 0 Å². The number of allylic oxidation sites excluding steroid dienone is 4. The second-order valence-electron chi connectivity index (χ2n) is 5.05. The van der Waals surface area contributed by atoms with E-state index in [0.29, 0.717) is 0 Å². The maximum absolute atomic E-state index is 11.1. The molecule has 0 saturated carbocycles. The number of rotatable bonds is 7. The van der Waals surface area contributed by atoms with Crippen LogP contribution in [0.1, 0.15) is 49.5 Å². The van der Waals surface area contributed by atoms with Crippen molar-refractivity contribution in [1.82, 2.24) is 0 Å². The SMILES string of the molecule is CC(=O)/C(C)=C/CC/C(C)=C/Cc1ccccc1C=O. The van der Waals surface area contributed by atoms with Gasteiger partial charge in [0.1, 0.15) is 6.29 Å². The Morgan fingerprint density at radius 1 is 1.10 bits per heavy atom. The van der Waals surface area contributed by atoms with Crippen molar-refractivity contribution in [2.45, 2.75) is 40.0 Å². The molecule has 0 unspecified atom stereocenters. The zero-order valence-electron chi connectivity index (χ0n) is 12.5.